The van der Waals surface area contributed by atoms with Crippen LogP contribution in [0.15, 0.2) is 53.4 Å². The van der Waals surface area contributed by atoms with Crippen molar-refractivity contribution in [2.45, 2.75) is 17.9 Å². The number of nitrogens with zero attached hydrogens (tertiary/aromatic N) is 1. The molecule has 1 saturated heterocycles. The Morgan fingerprint density at radius 2 is 1.83 bits per heavy atom. The van der Waals surface area contributed by atoms with Gasteiger partial charge in [-0.05, 0) is 30.3 Å². The summed E-state index contributed by atoms with van der Waals surface area (Å²) in [5.74, 6) is 0.0210. The molecule has 6 nitrogen and oxygen atoms in total. The lowest BCUT2D eigenvalue weighted by Gasteiger charge is -2.32. The first-order chi connectivity index (χ1) is 13.9. The molecule has 1 heterocycles. The number of sulfone groups is 1. The zero-order valence-corrected chi connectivity index (χ0v) is 17.3. The van der Waals surface area contributed by atoms with Crippen LogP contribution < -0.4 is 9.64 Å². The van der Waals surface area contributed by atoms with Gasteiger partial charge in [0.25, 0.3) is 0 Å². The van der Waals surface area contributed by atoms with Crippen molar-refractivity contribution in [1.82, 2.24) is 4.90 Å². The molecule has 156 valence electrons. The third-order valence-corrected chi connectivity index (χ3v) is 6.93. The predicted octanol–water partition coefficient (Wildman–Crippen LogP) is 0.925. The molecule has 8 heteroatoms. The lowest BCUT2D eigenvalue weighted by molar-refractivity contribution is -0.917. The average Bonchev–Trinajstić information content (AvgIpc) is 2.73. The number of methoxy groups -OCH3 is 1. The predicted molar refractivity (Wildman–Crippen MR) is 107 cm³/mol. The summed E-state index contributed by atoms with van der Waals surface area (Å²) in [6, 6.07) is 12.7. The van der Waals surface area contributed by atoms with E-state index in [4.69, 9.17) is 4.74 Å². The number of hydrogen-bond acceptors (Lipinski definition) is 4. The van der Waals surface area contributed by atoms with E-state index < -0.39 is 9.84 Å². The third-order valence-electron chi connectivity index (χ3n) is 5.19. The summed E-state index contributed by atoms with van der Waals surface area (Å²) in [7, 11) is -1.90. The summed E-state index contributed by atoms with van der Waals surface area (Å²) < 4.78 is 43.5. The largest absolute Gasteiger partial charge is 0.496 e. The standard InChI is InChI=1S/C21H25FN2O4S/c1-28-20-8-7-18(22)15-17(20)16-23-10-12-24(13-11-23)21(25)9-14-29(26,27)19-5-3-2-4-6-19/h2-8,15H,9-14,16H2,1H3/p+1. The highest BCUT2D eigenvalue weighted by Gasteiger charge is 2.26. The lowest BCUT2D eigenvalue weighted by Crippen LogP contribution is -3.13. The van der Waals surface area contributed by atoms with Crippen LogP contribution >= 0.6 is 0 Å². The van der Waals surface area contributed by atoms with E-state index in [-0.39, 0.29) is 28.8 Å². The summed E-state index contributed by atoms with van der Waals surface area (Å²) in [5, 5.41) is 0. The Morgan fingerprint density at radius 3 is 2.48 bits per heavy atom. The summed E-state index contributed by atoms with van der Waals surface area (Å²) in [6.45, 7) is 3.16. The molecule has 3 rings (SSSR count). The van der Waals surface area contributed by atoms with Gasteiger partial charge in [-0.1, -0.05) is 18.2 Å². The average molecular weight is 422 g/mol. The monoisotopic (exact) mass is 421 g/mol. The molecule has 0 atom stereocenters. The molecule has 1 aliphatic rings. The fraction of sp³-hybridized carbons (Fsp3) is 0.381. The Hall–Kier alpha value is -2.45. The number of nitrogens with one attached hydrogen (secondary N) is 1. The van der Waals surface area contributed by atoms with Gasteiger partial charge in [0, 0.05) is 6.42 Å². The number of carbonyl (C=O) groups is 1. The number of rotatable bonds is 7. The fourth-order valence-electron chi connectivity index (χ4n) is 3.53. The van der Waals surface area contributed by atoms with E-state index in [9.17, 15) is 17.6 Å². The maximum atomic E-state index is 13.5. The van der Waals surface area contributed by atoms with Crippen LogP contribution in [0.4, 0.5) is 4.39 Å². The smallest absolute Gasteiger partial charge is 0.224 e. The van der Waals surface area contributed by atoms with Crippen molar-refractivity contribution in [3.8, 4) is 5.75 Å². The first-order valence-corrected chi connectivity index (χ1v) is 11.3. The highest BCUT2D eigenvalue weighted by molar-refractivity contribution is 7.91. The number of benzene rings is 2. The van der Waals surface area contributed by atoms with Gasteiger partial charge in [0.1, 0.15) is 18.1 Å². The van der Waals surface area contributed by atoms with E-state index in [1.54, 1.807) is 48.4 Å². The van der Waals surface area contributed by atoms with Crippen molar-refractivity contribution in [1.29, 1.82) is 0 Å². The van der Waals surface area contributed by atoms with Crippen molar-refractivity contribution < 1.29 is 27.2 Å². The maximum absolute atomic E-state index is 13.5. The Balaban J connectivity index is 1.50. The normalized spacial score (nSPS) is 15.3. The summed E-state index contributed by atoms with van der Waals surface area (Å²) in [6.07, 6.45) is -0.0235. The molecule has 0 radical (unpaired) electrons. The van der Waals surface area contributed by atoms with Crippen molar-refractivity contribution in [2.75, 3.05) is 39.0 Å². The molecule has 2 aromatic carbocycles. The van der Waals surface area contributed by atoms with Gasteiger partial charge in [0.05, 0.1) is 49.5 Å². The Bertz CT molecular complexity index is 942. The van der Waals surface area contributed by atoms with E-state index >= 15 is 0 Å². The summed E-state index contributed by atoms with van der Waals surface area (Å²) in [5.41, 5.74) is 0.802. The molecule has 1 amide bonds. The number of hydrogen-bond donors (Lipinski definition) is 1. The third kappa shape index (κ3) is 5.55. The molecule has 1 N–H and O–H groups in total. The van der Waals surface area contributed by atoms with Crippen molar-refractivity contribution in [3.63, 3.8) is 0 Å². The molecule has 0 bridgehead atoms. The maximum Gasteiger partial charge on any atom is 0.224 e. The van der Waals surface area contributed by atoms with E-state index in [2.05, 4.69) is 0 Å². The Kier molecular flexibility index (Phi) is 6.87. The molecule has 0 saturated carbocycles. The molecular formula is C21H26FN2O4S+. The second-order valence-electron chi connectivity index (χ2n) is 7.15. The van der Waals surface area contributed by atoms with Crippen LogP contribution in [0.2, 0.25) is 0 Å². The number of amides is 1. The molecule has 0 aromatic heterocycles. The van der Waals surface area contributed by atoms with Crippen LogP contribution in [-0.4, -0.2) is 58.3 Å². The Labute approximate surface area is 170 Å². The number of quaternary nitrogens is 1. The second-order valence-corrected chi connectivity index (χ2v) is 9.25. The van der Waals surface area contributed by atoms with Gasteiger partial charge in [0.2, 0.25) is 5.91 Å². The van der Waals surface area contributed by atoms with E-state index in [1.807, 2.05) is 0 Å². The first-order valence-electron chi connectivity index (χ1n) is 9.60. The molecule has 0 spiro atoms. The first kappa shape index (κ1) is 21.3. The van der Waals surface area contributed by atoms with E-state index in [1.165, 1.54) is 17.0 Å². The molecule has 2 aromatic rings. The molecule has 29 heavy (non-hydrogen) atoms. The van der Waals surface area contributed by atoms with Gasteiger partial charge in [-0.15, -0.1) is 0 Å². The van der Waals surface area contributed by atoms with Gasteiger partial charge >= 0.3 is 0 Å². The van der Waals surface area contributed by atoms with Crippen molar-refractivity contribution >= 4 is 15.7 Å². The number of piperazine rings is 1. The molecule has 1 fully saturated rings. The number of halogens is 1. The van der Waals surface area contributed by atoms with E-state index in [0.717, 1.165) is 18.7 Å². The van der Waals surface area contributed by atoms with Crippen molar-refractivity contribution in [2.24, 2.45) is 0 Å². The quantitative estimate of drug-likeness (QED) is 0.722. The highest BCUT2D eigenvalue weighted by atomic mass is 32.2. The van der Waals surface area contributed by atoms with E-state index in [0.29, 0.717) is 25.4 Å². The minimum absolute atomic E-state index is 0.0235. The van der Waals surface area contributed by atoms with Crippen LogP contribution in [0, 0.1) is 5.82 Å². The SMILES string of the molecule is COc1ccc(F)cc1C[NH+]1CCN(C(=O)CCS(=O)(=O)c2ccccc2)CC1. The number of ether oxygens (including phenoxy) is 1. The fourth-order valence-corrected chi connectivity index (χ4v) is 4.78. The van der Waals surface area contributed by atoms with Crippen LogP contribution in [0.1, 0.15) is 12.0 Å². The molecular weight excluding hydrogens is 395 g/mol. The van der Waals surface area contributed by atoms with Gasteiger partial charge in [-0.2, -0.15) is 0 Å². The van der Waals surface area contributed by atoms with Gasteiger partial charge in [0.15, 0.2) is 9.84 Å². The zero-order valence-electron chi connectivity index (χ0n) is 16.4. The summed E-state index contributed by atoms with van der Waals surface area (Å²) >= 11 is 0. The minimum Gasteiger partial charge on any atom is -0.496 e. The van der Waals surface area contributed by atoms with Crippen LogP contribution in [-0.2, 0) is 21.2 Å². The lowest BCUT2D eigenvalue weighted by atomic mass is 10.1. The molecule has 0 aliphatic carbocycles. The Morgan fingerprint density at radius 1 is 1.14 bits per heavy atom. The number of carbonyl (C=O) groups excluding carboxylic acids is 1. The molecule has 1 aliphatic heterocycles. The van der Waals surface area contributed by atoms with Gasteiger partial charge in [-0.25, -0.2) is 12.8 Å². The van der Waals surface area contributed by atoms with Gasteiger partial charge in [-0.3, -0.25) is 4.79 Å². The van der Waals surface area contributed by atoms with Crippen LogP contribution in [0.5, 0.6) is 5.75 Å². The minimum atomic E-state index is -3.46. The highest BCUT2D eigenvalue weighted by Crippen LogP contribution is 2.18. The zero-order chi connectivity index (χ0) is 20.9. The van der Waals surface area contributed by atoms with Crippen molar-refractivity contribution in [3.05, 3.63) is 59.9 Å². The summed E-state index contributed by atoms with van der Waals surface area (Å²) in [4.78, 5) is 15.7. The second kappa shape index (κ2) is 9.37. The van der Waals surface area contributed by atoms with Crippen LogP contribution in [0.3, 0.4) is 0 Å². The van der Waals surface area contributed by atoms with Gasteiger partial charge < -0.3 is 14.5 Å². The topological polar surface area (TPSA) is 68.1 Å². The molecule has 0 unspecified atom stereocenters. The van der Waals surface area contributed by atoms with Crippen LogP contribution in [0.25, 0.3) is 0 Å².